The highest BCUT2D eigenvalue weighted by Crippen LogP contribution is 2.30. The largest absolute Gasteiger partial charge is 0.508 e. The van der Waals surface area contributed by atoms with Crippen molar-refractivity contribution in [2.75, 3.05) is 0 Å². The van der Waals surface area contributed by atoms with Crippen molar-refractivity contribution in [3.63, 3.8) is 0 Å². The number of hydrogen-bond acceptors (Lipinski definition) is 1. The number of aromatic hydroxyl groups is 1. The molecule has 0 radical (unpaired) electrons. The summed E-state index contributed by atoms with van der Waals surface area (Å²) in [7, 11) is 0. The van der Waals surface area contributed by atoms with E-state index in [2.05, 4.69) is 40.7 Å². The molecule has 1 rings (SSSR count). The molecule has 0 aliphatic carbocycles. The van der Waals surface area contributed by atoms with Gasteiger partial charge in [-0.25, -0.2) is 0 Å². The van der Waals surface area contributed by atoms with E-state index in [-0.39, 0.29) is 0 Å². The van der Waals surface area contributed by atoms with Crippen LogP contribution in [0.4, 0.5) is 0 Å². The van der Waals surface area contributed by atoms with Crippen LogP contribution in [0.3, 0.4) is 0 Å². The molecular weight excluding hydrogens is 292 g/mol. The van der Waals surface area contributed by atoms with Gasteiger partial charge in [0, 0.05) is 0 Å². The zero-order chi connectivity index (χ0) is 17.9. The lowest BCUT2D eigenvalue weighted by Gasteiger charge is -2.19. The Morgan fingerprint density at radius 2 is 1.33 bits per heavy atom. The van der Waals surface area contributed by atoms with Gasteiger partial charge >= 0.3 is 0 Å². The number of phenolic OH excluding ortho intramolecular Hbond substituents is 1. The van der Waals surface area contributed by atoms with Crippen molar-refractivity contribution in [1.29, 1.82) is 0 Å². The molecule has 1 heteroatoms. The molecule has 1 N–H and O–H groups in total. The van der Waals surface area contributed by atoms with Crippen molar-refractivity contribution in [1.82, 2.24) is 0 Å². The van der Waals surface area contributed by atoms with Gasteiger partial charge in [-0.2, -0.15) is 0 Å². The minimum absolute atomic E-state index is 0.518. The smallest absolute Gasteiger partial charge is 0.119 e. The van der Waals surface area contributed by atoms with Crippen molar-refractivity contribution in [3.05, 3.63) is 28.8 Å². The first-order valence-electron chi connectivity index (χ1n) is 10.3. The third kappa shape index (κ3) is 7.73. The normalized spacial score (nSPS) is 11.6. The van der Waals surface area contributed by atoms with Crippen LogP contribution in [0.5, 0.6) is 5.75 Å². The Morgan fingerprint density at radius 1 is 0.750 bits per heavy atom. The van der Waals surface area contributed by atoms with Crippen LogP contribution in [0, 0.1) is 11.8 Å². The minimum atomic E-state index is 0.518. The van der Waals surface area contributed by atoms with E-state index in [9.17, 15) is 5.11 Å². The number of unbranched alkanes of at least 4 members (excludes halogenated alkanes) is 6. The zero-order valence-corrected chi connectivity index (χ0v) is 16.8. The lowest BCUT2D eigenvalue weighted by Crippen LogP contribution is -2.07. The van der Waals surface area contributed by atoms with Crippen molar-refractivity contribution >= 4 is 0 Å². The van der Waals surface area contributed by atoms with Crippen LogP contribution in [0.25, 0.3) is 0 Å². The van der Waals surface area contributed by atoms with Gasteiger partial charge in [-0.15, -0.1) is 0 Å². The summed E-state index contributed by atoms with van der Waals surface area (Å²) in [6, 6.07) is 4.08. The molecule has 1 aromatic carbocycles. The number of phenols is 1. The van der Waals surface area contributed by atoms with E-state index in [4.69, 9.17) is 0 Å². The molecule has 1 nitrogen and oxygen atoms in total. The second kappa shape index (κ2) is 11.6. The highest BCUT2D eigenvalue weighted by molar-refractivity contribution is 5.45. The van der Waals surface area contributed by atoms with E-state index in [0.29, 0.717) is 17.6 Å². The molecule has 0 amide bonds. The average molecular weight is 333 g/mol. The van der Waals surface area contributed by atoms with E-state index in [1.165, 1.54) is 61.6 Å². The number of rotatable bonds is 12. The second-order valence-electron chi connectivity index (χ2n) is 8.27. The van der Waals surface area contributed by atoms with E-state index in [0.717, 1.165) is 19.3 Å². The molecule has 0 spiro atoms. The summed E-state index contributed by atoms with van der Waals surface area (Å²) >= 11 is 0. The van der Waals surface area contributed by atoms with Crippen molar-refractivity contribution in [2.45, 2.75) is 98.8 Å². The lowest BCUT2D eigenvalue weighted by molar-refractivity contribution is 0.462. The van der Waals surface area contributed by atoms with Crippen LogP contribution in [0.1, 0.15) is 96.3 Å². The van der Waals surface area contributed by atoms with Crippen LogP contribution in [0.2, 0.25) is 0 Å². The van der Waals surface area contributed by atoms with Crippen LogP contribution in [-0.2, 0) is 19.3 Å². The summed E-state index contributed by atoms with van der Waals surface area (Å²) < 4.78 is 0. The van der Waals surface area contributed by atoms with Crippen molar-refractivity contribution in [3.8, 4) is 5.75 Å². The summed E-state index contributed by atoms with van der Waals surface area (Å²) in [5.41, 5.74) is 4.12. The fraction of sp³-hybridized carbons (Fsp3) is 0.739. The average Bonchev–Trinajstić information content (AvgIpc) is 2.50. The third-order valence-corrected chi connectivity index (χ3v) is 4.77. The fourth-order valence-corrected chi connectivity index (χ4v) is 3.56. The van der Waals surface area contributed by atoms with Gasteiger partial charge in [0.1, 0.15) is 5.75 Å². The molecule has 0 aliphatic rings. The van der Waals surface area contributed by atoms with Gasteiger partial charge in [0.15, 0.2) is 0 Å². The van der Waals surface area contributed by atoms with Gasteiger partial charge in [0.05, 0.1) is 0 Å². The summed E-state index contributed by atoms with van der Waals surface area (Å²) in [5, 5.41) is 10.4. The summed E-state index contributed by atoms with van der Waals surface area (Å²) in [5.74, 6) is 1.81. The van der Waals surface area contributed by atoms with E-state index in [1.807, 2.05) is 6.07 Å². The van der Waals surface area contributed by atoms with Gasteiger partial charge in [-0.1, -0.05) is 79.2 Å². The minimum Gasteiger partial charge on any atom is -0.508 e. The van der Waals surface area contributed by atoms with Crippen molar-refractivity contribution < 1.29 is 5.11 Å². The SMILES string of the molecule is CCCCCCCCCc1c(O)ccc(CC(C)C)c1CC(C)C. The molecule has 0 bridgehead atoms. The Morgan fingerprint density at radius 3 is 1.92 bits per heavy atom. The predicted molar refractivity (Wildman–Crippen MR) is 107 cm³/mol. The Balaban J connectivity index is 2.72. The quantitative estimate of drug-likeness (QED) is 0.405. The molecule has 0 atom stereocenters. The molecule has 0 heterocycles. The first-order valence-corrected chi connectivity index (χ1v) is 10.3. The molecule has 1 aromatic rings. The lowest BCUT2D eigenvalue weighted by atomic mass is 9.87. The number of hydrogen-bond donors (Lipinski definition) is 1. The summed E-state index contributed by atoms with van der Waals surface area (Å²) in [6.45, 7) is 11.4. The van der Waals surface area contributed by atoms with Crippen LogP contribution in [-0.4, -0.2) is 5.11 Å². The van der Waals surface area contributed by atoms with Crippen LogP contribution < -0.4 is 0 Å². The topological polar surface area (TPSA) is 20.2 Å². The molecule has 0 aromatic heterocycles. The first-order chi connectivity index (χ1) is 11.5. The Kier molecular flexibility index (Phi) is 10.1. The zero-order valence-electron chi connectivity index (χ0n) is 16.8. The second-order valence-corrected chi connectivity index (χ2v) is 8.27. The van der Waals surface area contributed by atoms with Gasteiger partial charge < -0.3 is 5.11 Å². The van der Waals surface area contributed by atoms with Gasteiger partial charge in [-0.05, 0) is 60.3 Å². The van der Waals surface area contributed by atoms with Gasteiger partial charge in [-0.3, -0.25) is 0 Å². The first kappa shape index (κ1) is 21.1. The van der Waals surface area contributed by atoms with E-state index in [1.54, 1.807) is 0 Å². The molecule has 0 fully saturated rings. The van der Waals surface area contributed by atoms with Crippen molar-refractivity contribution in [2.24, 2.45) is 11.8 Å². The van der Waals surface area contributed by atoms with Crippen LogP contribution in [0.15, 0.2) is 12.1 Å². The Labute approximate surface area is 150 Å². The van der Waals surface area contributed by atoms with E-state index >= 15 is 0 Å². The predicted octanol–water partition coefficient (Wildman–Crippen LogP) is 7.08. The highest BCUT2D eigenvalue weighted by Gasteiger charge is 2.15. The van der Waals surface area contributed by atoms with Gasteiger partial charge in [0.25, 0.3) is 0 Å². The molecule has 0 aliphatic heterocycles. The van der Waals surface area contributed by atoms with Gasteiger partial charge in [0.2, 0.25) is 0 Å². The Hall–Kier alpha value is -0.980. The maximum absolute atomic E-state index is 10.4. The molecule has 0 saturated carbocycles. The van der Waals surface area contributed by atoms with E-state index < -0.39 is 0 Å². The maximum Gasteiger partial charge on any atom is 0.119 e. The third-order valence-electron chi connectivity index (χ3n) is 4.77. The molecule has 24 heavy (non-hydrogen) atoms. The standard InChI is InChI=1S/C23H40O/c1-6-7-8-9-10-11-12-13-21-22(17-19(4)5)20(16-18(2)3)14-15-23(21)24/h14-15,18-19,24H,6-13,16-17H2,1-5H3. The summed E-state index contributed by atoms with van der Waals surface area (Å²) in [6.07, 6.45) is 12.5. The number of benzene rings is 1. The molecule has 0 saturated heterocycles. The summed E-state index contributed by atoms with van der Waals surface area (Å²) in [4.78, 5) is 0. The monoisotopic (exact) mass is 332 g/mol. The maximum atomic E-state index is 10.4. The molecular formula is C23H40O. The molecule has 0 unspecified atom stereocenters. The van der Waals surface area contributed by atoms with Crippen LogP contribution >= 0.6 is 0 Å². The Bertz CT molecular complexity index is 459. The molecule has 138 valence electrons. The fourth-order valence-electron chi connectivity index (χ4n) is 3.56. The highest BCUT2D eigenvalue weighted by atomic mass is 16.3.